The van der Waals surface area contributed by atoms with Crippen LogP contribution in [0.4, 0.5) is 17.6 Å². The molecule has 7 heteroatoms. The van der Waals surface area contributed by atoms with E-state index in [0.29, 0.717) is 18.0 Å². The Balaban J connectivity index is 1.60. The summed E-state index contributed by atoms with van der Waals surface area (Å²) in [5.74, 6) is -0.494. The van der Waals surface area contributed by atoms with Gasteiger partial charge in [0.25, 0.3) is 0 Å². The Morgan fingerprint density at radius 1 is 0.889 bits per heavy atom. The average Bonchev–Trinajstić information content (AvgIpc) is 3.07. The molecular formula is C20H12F4N2O. The van der Waals surface area contributed by atoms with Crippen LogP contribution in [0.3, 0.4) is 0 Å². The fraction of sp³-hybridized carbons (Fsp3) is 0.0500. The molecular weight excluding hydrogens is 360 g/mol. The van der Waals surface area contributed by atoms with Gasteiger partial charge in [-0.2, -0.15) is 13.2 Å². The van der Waals surface area contributed by atoms with Crippen LogP contribution in [-0.4, -0.2) is 9.97 Å². The predicted molar refractivity (Wildman–Crippen MR) is 93.0 cm³/mol. The van der Waals surface area contributed by atoms with E-state index in [1.165, 1.54) is 0 Å². The molecule has 1 N–H and O–H groups in total. The Morgan fingerprint density at radius 3 is 2.33 bits per heavy atom. The Labute approximate surface area is 151 Å². The van der Waals surface area contributed by atoms with Gasteiger partial charge >= 0.3 is 6.18 Å². The van der Waals surface area contributed by atoms with Crippen LogP contribution < -0.4 is 4.74 Å². The van der Waals surface area contributed by atoms with Crippen molar-refractivity contribution < 1.29 is 22.3 Å². The Kier molecular flexibility index (Phi) is 4.07. The van der Waals surface area contributed by atoms with E-state index in [0.717, 1.165) is 22.7 Å². The first kappa shape index (κ1) is 17.1. The lowest BCUT2D eigenvalue weighted by molar-refractivity contribution is -0.137. The van der Waals surface area contributed by atoms with E-state index in [9.17, 15) is 17.6 Å². The van der Waals surface area contributed by atoms with Crippen molar-refractivity contribution in [2.45, 2.75) is 6.18 Å². The molecule has 4 rings (SSSR count). The molecule has 0 aliphatic carbocycles. The van der Waals surface area contributed by atoms with Gasteiger partial charge < -0.3 is 9.72 Å². The van der Waals surface area contributed by atoms with Crippen molar-refractivity contribution in [3.05, 3.63) is 78.1 Å². The number of hydrogen-bond acceptors (Lipinski definition) is 2. The van der Waals surface area contributed by atoms with Crippen LogP contribution in [0.15, 0.2) is 66.7 Å². The third-order valence-electron chi connectivity index (χ3n) is 4.00. The monoisotopic (exact) mass is 372 g/mol. The normalized spacial score (nSPS) is 11.7. The van der Waals surface area contributed by atoms with Crippen molar-refractivity contribution in [3.8, 4) is 22.9 Å². The highest BCUT2D eigenvalue weighted by molar-refractivity contribution is 5.79. The molecule has 0 bridgehead atoms. The van der Waals surface area contributed by atoms with Gasteiger partial charge in [0.1, 0.15) is 11.6 Å². The SMILES string of the molecule is Fc1ccc(C(F)(F)F)cc1Oc1ccc(-c2nc3ccccc3[nH]2)cc1. The maximum absolute atomic E-state index is 13.8. The number of rotatable bonds is 3. The average molecular weight is 372 g/mol. The fourth-order valence-electron chi connectivity index (χ4n) is 2.66. The van der Waals surface area contributed by atoms with Crippen LogP contribution in [0.5, 0.6) is 11.5 Å². The second-order valence-corrected chi connectivity index (χ2v) is 5.87. The molecule has 1 aromatic heterocycles. The molecule has 3 nitrogen and oxygen atoms in total. The fourth-order valence-corrected chi connectivity index (χ4v) is 2.66. The molecule has 0 radical (unpaired) electrons. The number of aromatic amines is 1. The van der Waals surface area contributed by atoms with Gasteiger partial charge in [-0.25, -0.2) is 9.37 Å². The number of imidazole rings is 1. The van der Waals surface area contributed by atoms with Gasteiger partial charge in [0, 0.05) is 5.56 Å². The third kappa shape index (κ3) is 3.48. The van der Waals surface area contributed by atoms with Crippen molar-refractivity contribution in [2.75, 3.05) is 0 Å². The van der Waals surface area contributed by atoms with E-state index in [-0.39, 0.29) is 5.75 Å². The quantitative estimate of drug-likeness (QED) is 0.436. The van der Waals surface area contributed by atoms with E-state index in [4.69, 9.17) is 4.74 Å². The van der Waals surface area contributed by atoms with Crippen LogP contribution in [0.1, 0.15) is 5.56 Å². The van der Waals surface area contributed by atoms with Crippen molar-refractivity contribution >= 4 is 11.0 Å². The number of alkyl halides is 3. The van der Waals surface area contributed by atoms with Crippen LogP contribution in [0, 0.1) is 5.82 Å². The molecule has 1 heterocycles. The molecule has 0 fully saturated rings. The minimum atomic E-state index is -4.57. The van der Waals surface area contributed by atoms with Crippen LogP contribution >= 0.6 is 0 Å². The summed E-state index contributed by atoms with van der Waals surface area (Å²) in [5, 5.41) is 0. The lowest BCUT2D eigenvalue weighted by Crippen LogP contribution is -2.05. The number of nitrogens with one attached hydrogen (secondary N) is 1. The van der Waals surface area contributed by atoms with E-state index < -0.39 is 23.3 Å². The van der Waals surface area contributed by atoms with Crippen LogP contribution in [0.2, 0.25) is 0 Å². The number of para-hydroxylation sites is 2. The number of benzene rings is 3. The second kappa shape index (κ2) is 6.42. The zero-order valence-electron chi connectivity index (χ0n) is 13.7. The highest BCUT2D eigenvalue weighted by Gasteiger charge is 2.31. The van der Waals surface area contributed by atoms with Gasteiger partial charge in [0.05, 0.1) is 16.6 Å². The number of ether oxygens (including phenoxy) is 1. The number of H-pyrrole nitrogens is 1. The topological polar surface area (TPSA) is 37.9 Å². The molecule has 27 heavy (non-hydrogen) atoms. The molecule has 4 aromatic rings. The summed E-state index contributed by atoms with van der Waals surface area (Å²) in [7, 11) is 0. The van der Waals surface area contributed by atoms with E-state index in [2.05, 4.69) is 9.97 Å². The largest absolute Gasteiger partial charge is 0.454 e. The Hall–Kier alpha value is -3.35. The summed E-state index contributed by atoms with van der Waals surface area (Å²) in [4.78, 5) is 7.65. The highest BCUT2D eigenvalue weighted by Crippen LogP contribution is 2.34. The minimum absolute atomic E-state index is 0.216. The van der Waals surface area contributed by atoms with Crippen LogP contribution in [0.25, 0.3) is 22.4 Å². The standard InChI is InChI=1S/C20H12F4N2O/c21-15-10-7-13(20(22,23)24)11-18(15)27-14-8-5-12(6-9-14)19-25-16-3-1-2-4-17(16)26-19/h1-11H,(H,25,26). The summed E-state index contributed by atoms with van der Waals surface area (Å²) in [6, 6.07) is 16.1. The molecule has 0 saturated heterocycles. The van der Waals surface area contributed by atoms with Gasteiger partial charge in [-0.3, -0.25) is 0 Å². The molecule has 3 aromatic carbocycles. The number of nitrogens with zero attached hydrogens (tertiary/aromatic N) is 1. The lowest BCUT2D eigenvalue weighted by atomic mass is 10.2. The van der Waals surface area contributed by atoms with E-state index in [1.807, 2.05) is 24.3 Å². The first-order valence-electron chi connectivity index (χ1n) is 8.00. The van der Waals surface area contributed by atoms with Crippen molar-refractivity contribution in [3.63, 3.8) is 0 Å². The molecule has 0 unspecified atom stereocenters. The third-order valence-corrected chi connectivity index (χ3v) is 4.00. The van der Waals surface area contributed by atoms with Gasteiger partial charge in [0.2, 0.25) is 0 Å². The maximum Gasteiger partial charge on any atom is 0.416 e. The maximum atomic E-state index is 13.8. The summed E-state index contributed by atoms with van der Waals surface area (Å²) in [6.45, 7) is 0. The summed E-state index contributed by atoms with van der Waals surface area (Å²) in [6.07, 6.45) is -4.57. The smallest absolute Gasteiger partial charge is 0.416 e. The lowest BCUT2D eigenvalue weighted by Gasteiger charge is -2.11. The first-order chi connectivity index (χ1) is 12.9. The molecule has 0 aliphatic rings. The number of fused-ring (bicyclic) bond motifs is 1. The van der Waals surface area contributed by atoms with Crippen molar-refractivity contribution in [1.82, 2.24) is 9.97 Å². The zero-order valence-corrected chi connectivity index (χ0v) is 13.7. The molecule has 0 amide bonds. The van der Waals surface area contributed by atoms with Crippen molar-refractivity contribution in [1.29, 1.82) is 0 Å². The highest BCUT2D eigenvalue weighted by atomic mass is 19.4. The molecule has 0 atom stereocenters. The summed E-state index contributed by atoms with van der Waals surface area (Å²) < 4.78 is 57.4. The number of hydrogen-bond donors (Lipinski definition) is 1. The van der Waals surface area contributed by atoms with Gasteiger partial charge in [-0.15, -0.1) is 0 Å². The van der Waals surface area contributed by atoms with Gasteiger partial charge in [-0.1, -0.05) is 12.1 Å². The minimum Gasteiger partial charge on any atom is -0.454 e. The van der Waals surface area contributed by atoms with Crippen LogP contribution in [-0.2, 0) is 6.18 Å². The first-order valence-corrected chi connectivity index (χ1v) is 8.00. The van der Waals surface area contributed by atoms with E-state index in [1.54, 1.807) is 24.3 Å². The zero-order chi connectivity index (χ0) is 19.0. The molecule has 0 saturated carbocycles. The molecule has 0 aliphatic heterocycles. The summed E-state index contributed by atoms with van der Waals surface area (Å²) in [5.41, 5.74) is 1.50. The Bertz CT molecular complexity index is 1070. The van der Waals surface area contributed by atoms with Gasteiger partial charge in [-0.05, 0) is 54.6 Å². The predicted octanol–water partition coefficient (Wildman–Crippen LogP) is 6.18. The molecule has 0 spiro atoms. The second-order valence-electron chi connectivity index (χ2n) is 5.87. The van der Waals surface area contributed by atoms with Crippen molar-refractivity contribution in [2.24, 2.45) is 0 Å². The van der Waals surface area contributed by atoms with E-state index >= 15 is 0 Å². The number of halogens is 4. The molecule has 136 valence electrons. The Morgan fingerprint density at radius 2 is 1.63 bits per heavy atom. The van der Waals surface area contributed by atoms with Gasteiger partial charge in [0.15, 0.2) is 11.6 Å². The summed E-state index contributed by atoms with van der Waals surface area (Å²) >= 11 is 0. The number of aromatic nitrogens is 2.